The van der Waals surface area contributed by atoms with Gasteiger partial charge in [0.2, 0.25) is 0 Å². The van der Waals surface area contributed by atoms with Crippen LogP contribution in [0.1, 0.15) is 58.3 Å². The van der Waals surface area contributed by atoms with Gasteiger partial charge in [0.05, 0.1) is 0 Å². The van der Waals surface area contributed by atoms with E-state index in [1.807, 2.05) is 0 Å². The maximum Gasteiger partial charge on any atom is 0.306 e. The zero-order valence-electron chi connectivity index (χ0n) is 12.8. The molecule has 0 aromatic rings. The van der Waals surface area contributed by atoms with Gasteiger partial charge in [-0.05, 0) is 12.8 Å². The van der Waals surface area contributed by atoms with E-state index in [4.69, 9.17) is 9.47 Å². The second-order valence-electron chi connectivity index (χ2n) is 5.93. The molecule has 2 aliphatic rings. The van der Waals surface area contributed by atoms with Gasteiger partial charge in [0.25, 0.3) is 0 Å². The molecule has 0 amide bonds. The van der Waals surface area contributed by atoms with Crippen molar-refractivity contribution < 1.29 is 28.7 Å². The molecule has 0 aromatic carbocycles. The first-order chi connectivity index (χ1) is 10.5. The molecule has 22 heavy (non-hydrogen) atoms. The lowest BCUT2D eigenvalue weighted by Crippen LogP contribution is -2.33. The summed E-state index contributed by atoms with van der Waals surface area (Å²) in [5.74, 6) is -0.815. The minimum atomic E-state index is -0.366. The molecule has 2 heterocycles. The highest BCUT2D eigenvalue weighted by Crippen LogP contribution is 2.33. The van der Waals surface area contributed by atoms with Crippen molar-refractivity contribution in [2.45, 2.75) is 70.5 Å². The van der Waals surface area contributed by atoms with Gasteiger partial charge in [0, 0.05) is 44.4 Å². The highest BCUT2D eigenvalue weighted by atomic mass is 16.6. The highest BCUT2D eigenvalue weighted by Gasteiger charge is 2.41. The van der Waals surface area contributed by atoms with Crippen LogP contribution in [-0.2, 0) is 28.7 Å². The van der Waals surface area contributed by atoms with Crippen molar-refractivity contribution in [3.05, 3.63) is 0 Å². The number of ketones is 2. The summed E-state index contributed by atoms with van der Waals surface area (Å²) < 4.78 is 10.5. The molecule has 2 unspecified atom stereocenters. The molecule has 0 aromatic heterocycles. The van der Waals surface area contributed by atoms with Crippen LogP contribution in [0.3, 0.4) is 0 Å². The van der Waals surface area contributed by atoms with Crippen LogP contribution in [-0.4, -0.2) is 35.7 Å². The number of cyclic esters (lactones) is 2. The Kier molecular flexibility index (Phi) is 5.69. The third-order valence-electron chi connectivity index (χ3n) is 4.33. The molecule has 122 valence electrons. The molecule has 0 aliphatic carbocycles. The Hall–Kier alpha value is -1.72. The summed E-state index contributed by atoms with van der Waals surface area (Å²) in [6.45, 7) is 1.77. The summed E-state index contributed by atoms with van der Waals surface area (Å²) in [5.41, 5.74) is 0. The zero-order valence-corrected chi connectivity index (χ0v) is 12.8. The van der Waals surface area contributed by atoms with Crippen LogP contribution in [0.5, 0.6) is 0 Å². The first-order valence-electron chi connectivity index (χ1n) is 7.92. The van der Waals surface area contributed by atoms with Crippen molar-refractivity contribution in [1.82, 2.24) is 0 Å². The minimum Gasteiger partial charge on any atom is -0.462 e. The Morgan fingerprint density at radius 3 is 1.91 bits per heavy atom. The van der Waals surface area contributed by atoms with Gasteiger partial charge in [-0.3, -0.25) is 19.2 Å². The molecule has 6 nitrogen and oxygen atoms in total. The molecule has 0 saturated carbocycles. The molecule has 0 radical (unpaired) electrons. The number of carbonyl (C=O) groups excluding carboxylic acids is 4. The molecule has 0 bridgehead atoms. The summed E-state index contributed by atoms with van der Waals surface area (Å²) in [6, 6.07) is 0. The first-order valence-corrected chi connectivity index (χ1v) is 7.92. The van der Waals surface area contributed by atoms with Crippen molar-refractivity contribution in [2.24, 2.45) is 5.92 Å². The molecule has 2 aliphatic heterocycles. The molecular weight excluding hydrogens is 288 g/mol. The third-order valence-corrected chi connectivity index (χ3v) is 4.33. The van der Waals surface area contributed by atoms with Gasteiger partial charge in [-0.2, -0.15) is 0 Å². The van der Waals surface area contributed by atoms with E-state index < -0.39 is 0 Å². The first kappa shape index (κ1) is 16.6. The average molecular weight is 310 g/mol. The van der Waals surface area contributed by atoms with Gasteiger partial charge in [-0.15, -0.1) is 0 Å². The van der Waals surface area contributed by atoms with E-state index in [2.05, 4.69) is 0 Å². The van der Waals surface area contributed by atoms with Gasteiger partial charge in [-0.1, -0.05) is 6.92 Å². The number of ether oxygens (including phenoxy) is 2. The van der Waals surface area contributed by atoms with Crippen LogP contribution in [0, 0.1) is 5.92 Å². The molecule has 2 atom stereocenters. The average Bonchev–Trinajstić information content (AvgIpc) is 3.11. The number of Topliss-reactive ketones (excluding diaryl/α,β-unsaturated/α-hetero) is 2. The minimum absolute atomic E-state index is 0.0438. The quantitative estimate of drug-likeness (QED) is 0.635. The van der Waals surface area contributed by atoms with Crippen molar-refractivity contribution in [3.8, 4) is 0 Å². The van der Waals surface area contributed by atoms with Gasteiger partial charge in [0.15, 0.2) is 0 Å². The monoisotopic (exact) mass is 310 g/mol. The fraction of sp³-hybridized carbons (Fsp3) is 0.750. The SMILES string of the molecule is CCC(=O)CCC(=O)CC(C1CCC(=O)O1)C1CCC(=O)O1. The lowest BCUT2D eigenvalue weighted by molar-refractivity contribution is -0.151. The van der Waals surface area contributed by atoms with Crippen LogP contribution in [0.15, 0.2) is 0 Å². The van der Waals surface area contributed by atoms with E-state index in [1.165, 1.54) is 0 Å². The maximum absolute atomic E-state index is 12.1. The topological polar surface area (TPSA) is 86.7 Å². The summed E-state index contributed by atoms with van der Waals surface area (Å²) in [5, 5.41) is 0. The Labute approximate surface area is 129 Å². The molecule has 2 rings (SSSR count). The lowest BCUT2D eigenvalue weighted by Gasteiger charge is -2.26. The summed E-state index contributed by atoms with van der Waals surface area (Å²) in [6.07, 6.45) is 2.11. The van der Waals surface area contributed by atoms with Gasteiger partial charge >= 0.3 is 11.9 Å². The van der Waals surface area contributed by atoms with E-state index >= 15 is 0 Å². The number of rotatable bonds is 8. The van der Waals surface area contributed by atoms with Crippen molar-refractivity contribution in [2.75, 3.05) is 0 Å². The van der Waals surface area contributed by atoms with Crippen LogP contribution in [0.2, 0.25) is 0 Å². The van der Waals surface area contributed by atoms with Crippen LogP contribution in [0.4, 0.5) is 0 Å². The zero-order chi connectivity index (χ0) is 16.1. The Bertz CT molecular complexity index is 443. The molecule has 2 fully saturated rings. The number of hydrogen-bond acceptors (Lipinski definition) is 6. The lowest BCUT2D eigenvalue weighted by atomic mass is 9.86. The number of esters is 2. The molecule has 0 N–H and O–H groups in total. The predicted molar refractivity (Wildman–Crippen MR) is 75.9 cm³/mol. The van der Waals surface area contributed by atoms with Crippen LogP contribution >= 0.6 is 0 Å². The third kappa shape index (κ3) is 4.39. The normalized spacial score (nSPS) is 25.7. The molecular formula is C16H22O6. The fourth-order valence-corrected chi connectivity index (χ4v) is 3.02. The summed E-state index contributed by atoms with van der Waals surface area (Å²) in [4.78, 5) is 46.1. The number of carbonyl (C=O) groups is 4. The van der Waals surface area contributed by atoms with Crippen LogP contribution in [0.25, 0.3) is 0 Å². The Balaban J connectivity index is 1.95. The van der Waals surface area contributed by atoms with E-state index in [9.17, 15) is 19.2 Å². The maximum atomic E-state index is 12.1. The largest absolute Gasteiger partial charge is 0.462 e. The summed E-state index contributed by atoms with van der Waals surface area (Å²) >= 11 is 0. The second kappa shape index (κ2) is 7.51. The van der Waals surface area contributed by atoms with Gasteiger partial charge in [0.1, 0.15) is 23.8 Å². The standard InChI is InChI=1S/C16H22O6/c1-2-10(17)3-4-11(18)9-12(13-5-7-15(19)21-13)14-6-8-16(20)22-14/h12-14H,2-9H2,1H3. The van der Waals surface area contributed by atoms with E-state index in [-0.39, 0.29) is 60.9 Å². The highest BCUT2D eigenvalue weighted by molar-refractivity contribution is 5.86. The van der Waals surface area contributed by atoms with E-state index in [0.29, 0.717) is 32.1 Å². The van der Waals surface area contributed by atoms with Gasteiger partial charge < -0.3 is 9.47 Å². The summed E-state index contributed by atoms with van der Waals surface area (Å²) in [7, 11) is 0. The van der Waals surface area contributed by atoms with Crippen molar-refractivity contribution in [3.63, 3.8) is 0 Å². The molecule has 0 spiro atoms. The van der Waals surface area contributed by atoms with E-state index in [0.717, 1.165) is 0 Å². The van der Waals surface area contributed by atoms with E-state index in [1.54, 1.807) is 6.92 Å². The van der Waals surface area contributed by atoms with Gasteiger partial charge in [-0.25, -0.2) is 0 Å². The fourth-order valence-electron chi connectivity index (χ4n) is 3.02. The van der Waals surface area contributed by atoms with Crippen LogP contribution < -0.4 is 0 Å². The molecule has 2 saturated heterocycles. The molecule has 6 heteroatoms. The van der Waals surface area contributed by atoms with Crippen molar-refractivity contribution >= 4 is 23.5 Å². The Morgan fingerprint density at radius 2 is 1.50 bits per heavy atom. The predicted octanol–water partition coefficient (Wildman–Crippen LogP) is 1.73. The number of hydrogen-bond donors (Lipinski definition) is 0. The Morgan fingerprint density at radius 1 is 1.00 bits per heavy atom. The second-order valence-corrected chi connectivity index (χ2v) is 5.93. The smallest absolute Gasteiger partial charge is 0.306 e. The van der Waals surface area contributed by atoms with Crippen molar-refractivity contribution in [1.29, 1.82) is 0 Å².